The molecule has 0 saturated carbocycles. The number of amides is 1. The number of nitrogen functional groups attached to an aromatic ring is 1. The van der Waals surface area contributed by atoms with Gasteiger partial charge in [-0.3, -0.25) is 15.6 Å². The molecule has 18 heavy (non-hydrogen) atoms. The van der Waals surface area contributed by atoms with E-state index in [0.29, 0.717) is 16.9 Å². The summed E-state index contributed by atoms with van der Waals surface area (Å²) in [5, 5.41) is 2.78. The van der Waals surface area contributed by atoms with Crippen molar-refractivity contribution in [1.82, 2.24) is 4.98 Å². The largest absolute Gasteiger partial charge is 0.323 e. The van der Waals surface area contributed by atoms with Crippen LogP contribution in [0.2, 0.25) is 0 Å². The molecule has 1 heterocycles. The molecule has 0 saturated heterocycles. The lowest BCUT2D eigenvalue weighted by Crippen LogP contribution is -2.17. The summed E-state index contributed by atoms with van der Waals surface area (Å²) in [5.41, 5.74) is 5.21. The second-order valence-corrected chi connectivity index (χ2v) is 3.90. The van der Waals surface area contributed by atoms with Crippen molar-refractivity contribution in [1.29, 1.82) is 0 Å². The summed E-state index contributed by atoms with van der Waals surface area (Å²) in [6.07, 6.45) is 3.33. The lowest BCUT2D eigenvalue weighted by molar-refractivity contribution is 0.102. The third-order valence-electron chi connectivity index (χ3n) is 2.46. The van der Waals surface area contributed by atoms with Crippen LogP contribution in [0.3, 0.4) is 0 Å². The Balaban J connectivity index is 2.22. The zero-order valence-electron chi connectivity index (χ0n) is 9.97. The van der Waals surface area contributed by atoms with Gasteiger partial charge in [-0.15, -0.1) is 0 Å². The van der Waals surface area contributed by atoms with Gasteiger partial charge in [0.1, 0.15) is 0 Å². The van der Waals surface area contributed by atoms with Crippen LogP contribution >= 0.6 is 0 Å². The van der Waals surface area contributed by atoms with Crippen molar-refractivity contribution < 1.29 is 4.79 Å². The van der Waals surface area contributed by atoms with Gasteiger partial charge in [0.2, 0.25) is 0 Å². The fourth-order valence-electron chi connectivity index (χ4n) is 1.63. The molecular weight excluding hydrogens is 228 g/mol. The topological polar surface area (TPSA) is 80.0 Å². The maximum Gasteiger partial charge on any atom is 0.257 e. The van der Waals surface area contributed by atoms with E-state index in [1.54, 1.807) is 36.7 Å². The minimum absolute atomic E-state index is 0.226. The number of aromatic nitrogens is 1. The number of rotatable bonds is 3. The molecule has 2 aromatic rings. The molecule has 0 aliphatic carbocycles. The molecule has 1 aromatic heterocycles. The summed E-state index contributed by atoms with van der Waals surface area (Å²) >= 11 is 0. The maximum atomic E-state index is 12.1. The number of hydrazine groups is 1. The van der Waals surface area contributed by atoms with Crippen LogP contribution in [0.25, 0.3) is 0 Å². The number of carbonyl (C=O) groups excluding carboxylic acids is 1. The van der Waals surface area contributed by atoms with E-state index in [9.17, 15) is 4.79 Å². The van der Waals surface area contributed by atoms with Crippen LogP contribution in [0, 0.1) is 6.92 Å². The normalized spacial score (nSPS) is 9.89. The number of para-hydroxylation sites is 1. The number of carbonyl (C=O) groups is 1. The molecule has 5 heteroatoms. The summed E-state index contributed by atoms with van der Waals surface area (Å²) in [7, 11) is 0. The Morgan fingerprint density at radius 2 is 2.06 bits per heavy atom. The smallest absolute Gasteiger partial charge is 0.257 e. The fourth-order valence-corrected chi connectivity index (χ4v) is 1.63. The number of hydrogen-bond acceptors (Lipinski definition) is 4. The quantitative estimate of drug-likeness (QED) is 0.567. The molecule has 0 spiro atoms. The van der Waals surface area contributed by atoms with Crippen molar-refractivity contribution in [2.24, 2.45) is 5.84 Å². The number of nitrogens with zero attached hydrogens (tertiary/aromatic N) is 1. The van der Waals surface area contributed by atoms with E-state index >= 15 is 0 Å². The number of hydrogen-bond donors (Lipinski definition) is 3. The Hall–Kier alpha value is -2.40. The van der Waals surface area contributed by atoms with E-state index in [2.05, 4.69) is 15.7 Å². The summed E-state index contributed by atoms with van der Waals surface area (Å²) in [5.74, 6) is 5.14. The molecule has 5 nitrogen and oxygen atoms in total. The van der Waals surface area contributed by atoms with Crippen LogP contribution in [0.4, 0.5) is 11.4 Å². The summed E-state index contributed by atoms with van der Waals surface area (Å²) in [4.78, 5) is 16.1. The highest BCUT2D eigenvalue weighted by Gasteiger charge is 2.10. The first kappa shape index (κ1) is 12.1. The number of aryl methyl sites for hydroxylation is 1. The van der Waals surface area contributed by atoms with Gasteiger partial charge in [0, 0.05) is 6.20 Å². The van der Waals surface area contributed by atoms with Gasteiger partial charge in [-0.2, -0.15) is 0 Å². The Morgan fingerprint density at radius 1 is 1.28 bits per heavy atom. The zero-order valence-corrected chi connectivity index (χ0v) is 9.97. The lowest BCUT2D eigenvalue weighted by Gasteiger charge is -2.09. The highest BCUT2D eigenvalue weighted by Crippen LogP contribution is 2.16. The monoisotopic (exact) mass is 242 g/mol. The summed E-state index contributed by atoms with van der Waals surface area (Å²) in [6.45, 7) is 1.91. The van der Waals surface area contributed by atoms with E-state index in [1.807, 2.05) is 13.0 Å². The third kappa shape index (κ3) is 2.64. The van der Waals surface area contributed by atoms with Crippen LogP contribution in [-0.4, -0.2) is 10.9 Å². The number of pyridine rings is 1. The van der Waals surface area contributed by atoms with Crippen LogP contribution in [0.15, 0.2) is 42.7 Å². The average molecular weight is 242 g/mol. The van der Waals surface area contributed by atoms with Crippen molar-refractivity contribution in [2.45, 2.75) is 6.92 Å². The van der Waals surface area contributed by atoms with Gasteiger partial charge in [0.05, 0.1) is 23.1 Å². The molecular formula is C13H14N4O. The molecule has 0 fully saturated rings. The van der Waals surface area contributed by atoms with Crippen LogP contribution in [0.1, 0.15) is 15.9 Å². The van der Waals surface area contributed by atoms with Crippen LogP contribution in [-0.2, 0) is 0 Å². The van der Waals surface area contributed by atoms with Gasteiger partial charge in [0.15, 0.2) is 0 Å². The third-order valence-corrected chi connectivity index (χ3v) is 2.46. The first-order valence-electron chi connectivity index (χ1n) is 5.49. The van der Waals surface area contributed by atoms with E-state index < -0.39 is 0 Å². The van der Waals surface area contributed by atoms with Gasteiger partial charge in [0.25, 0.3) is 5.91 Å². The Kier molecular flexibility index (Phi) is 3.54. The highest BCUT2D eigenvalue weighted by molar-refractivity contribution is 6.07. The predicted octanol–water partition coefficient (Wildman–Crippen LogP) is 1.93. The van der Waals surface area contributed by atoms with Gasteiger partial charge >= 0.3 is 0 Å². The van der Waals surface area contributed by atoms with Gasteiger partial charge in [-0.25, -0.2) is 0 Å². The van der Waals surface area contributed by atoms with Crippen molar-refractivity contribution in [3.05, 3.63) is 53.9 Å². The number of benzene rings is 1. The minimum Gasteiger partial charge on any atom is -0.323 e. The predicted molar refractivity (Wildman–Crippen MR) is 71.2 cm³/mol. The van der Waals surface area contributed by atoms with Gasteiger partial charge in [-0.05, 0) is 30.7 Å². The van der Waals surface area contributed by atoms with E-state index in [-0.39, 0.29) is 5.91 Å². The second-order valence-electron chi connectivity index (χ2n) is 3.90. The van der Waals surface area contributed by atoms with Crippen molar-refractivity contribution >= 4 is 17.3 Å². The SMILES string of the molecule is Cc1cncc(NC(=O)c2ccccc2NN)c1. The summed E-state index contributed by atoms with van der Waals surface area (Å²) < 4.78 is 0. The van der Waals surface area contributed by atoms with Crippen molar-refractivity contribution in [3.8, 4) is 0 Å². The van der Waals surface area contributed by atoms with E-state index in [1.165, 1.54) is 0 Å². The van der Waals surface area contributed by atoms with Crippen LogP contribution in [0.5, 0.6) is 0 Å². The molecule has 4 N–H and O–H groups in total. The number of nitrogens with one attached hydrogen (secondary N) is 2. The molecule has 2 rings (SSSR count). The lowest BCUT2D eigenvalue weighted by atomic mass is 10.1. The first-order valence-corrected chi connectivity index (χ1v) is 5.49. The molecule has 0 bridgehead atoms. The standard InChI is InChI=1S/C13H14N4O/c1-9-6-10(8-15-7-9)16-13(18)11-4-2-3-5-12(11)17-14/h2-8,17H,14H2,1H3,(H,16,18). The molecule has 1 aromatic carbocycles. The van der Waals surface area contributed by atoms with E-state index in [0.717, 1.165) is 5.56 Å². The van der Waals surface area contributed by atoms with Crippen molar-refractivity contribution in [3.63, 3.8) is 0 Å². The highest BCUT2D eigenvalue weighted by atomic mass is 16.1. The first-order chi connectivity index (χ1) is 8.70. The molecule has 92 valence electrons. The Labute approximate surface area is 105 Å². The molecule has 0 aliphatic rings. The van der Waals surface area contributed by atoms with Gasteiger partial charge in [-0.1, -0.05) is 12.1 Å². The molecule has 0 aliphatic heterocycles. The minimum atomic E-state index is -0.226. The average Bonchev–Trinajstić information content (AvgIpc) is 2.38. The zero-order chi connectivity index (χ0) is 13.0. The summed E-state index contributed by atoms with van der Waals surface area (Å²) in [6, 6.07) is 8.88. The van der Waals surface area contributed by atoms with Crippen molar-refractivity contribution in [2.75, 3.05) is 10.7 Å². The molecule has 0 unspecified atom stereocenters. The molecule has 1 amide bonds. The molecule has 0 radical (unpaired) electrons. The van der Waals surface area contributed by atoms with Crippen LogP contribution < -0.4 is 16.6 Å². The number of anilines is 2. The molecule has 0 atom stereocenters. The Bertz CT molecular complexity index is 568. The second kappa shape index (κ2) is 5.29. The van der Waals surface area contributed by atoms with Gasteiger partial charge < -0.3 is 10.7 Å². The fraction of sp³-hybridized carbons (Fsp3) is 0.0769. The maximum absolute atomic E-state index is 12.1. The van der Waals surface area contributed by atoms with E-state index in [4.69, 9.17) is 5.84 Å². The Morgan fingerprint density at radius 3 is 2.78 bits per heavy atom. The number of nitrogens with two attached hydrogens (primary N) is 1.